The zero-order valence-electron chi connectivity index (χ0n) is 8.93. The van der Waals surface area contributed by atoms with Gasteiger partial charge in [0.2, 0.25) is 0 Å². The molecule has 0 aliphatic heterocycles. The highest BCUT2D eigenvalue weighted by Gasteiger charge is 2.08. The van der Waals surface area contributed by atoms with E-state index < -0.39 is 10.8 Å². The van der Waals surface area contributed by atoms with Crippen molar-refractivity contribution in [3.05, 3.63) is 39.9 Å². The van der Waals surface area contributed by atoms with E-state index in [4.69, 9.17) is 0 Å². The number of hydrogen-bond donors (Lipinski definition) is 1. The number of amides is 1. The topological polar surface area (TPSA) is 84.6 Å². The second-order valence-corrected chi connectivity index (χ2v) is 3.30. The van der Waals surface area contributed by atoms with Crippen LogP contribution >= 0.6 is 0 Å². The number of rotatable bonds is 3. The summed E-state index contributed by atoms with van der Waals surface area (Å²) < 4.78 is 0. The highest BCUT2D eigenvalue weighted by atomic mass is 16.6. The van der Waals surface area contributed by atoms with E-state index in [2.05, 4.69) is 10.5 Å². The zero-order valence-corrected chi connectivity index (χ0v) is 8.93. The molecule has 0 spiro atoms. The lowest BCUT2D eigenvalue weighted by Gasteiger charge is -1.99. The molecule has 0 aromatic heterocycles. The summed E-state index contributed by atoms with van der Waals surface area (Å²) in [4.78, 5) is 21.3. The Bertz CT molecular complexity index is 433. The fourth-order valence-electron chi connectivity index (χ4n) is 0.962. The maximum absolute atomic E-state index is 11.4. The number of nitro benzene ring substituents is 1. The molecule has 16 heavy (non-hydrogen) atoms. The Morgan fingerprint density at radius 2 is 1.88 bits per heavy atom. The number of benzene rings is 1. The third-order valence-electron chi connectivity index (χ3n) is 1.72. The lowest BCUT2D eigenvalue weighted by Crippen LogP contribution is -2.18. The van der Waals surface area contributed by atoms with E-state index in [1.54, 1.807) is 13.8 Å². The number of nitrogens with one attached hydrogen (secondary N) is 1. The molecule has 0 atom stereocenters. The molecule has 0 saturated carbocycles. The number of non-ortho nitro benzene ring substituents is 1. The van der Waals surface area contributed by atoms with Crippen LogP contribution in [0.4, 0.5) is 5.69 Å². The smallest absolute Gasteiger partial charge is 0.267 e. The first-order valence-electron chi connectivity index (χ1n) is 4.56. The van der Waals surface area contributed by atoms with Crippen LogP contribution < -0.4 is 5.43 Å². The largest absolute Gasteiger partial charge is 0.271 e. The molecule has 0 bridgehead atoms. The average Bonchev–Trinajstić information content (AvgIpc) is 2.26. The van der Waals surface area contributed by atoms with Gasteiger partial charge in [0.05, 0.1) is 4.92 Å². The molecular formula is C10H11N3O3. The van der Waals surface area contributed by atoms with Gasteiger partial charge in [0, 0.05) is 23.4 Å². The van der Waals surface area contributed by atoms with E-state index >= 15 is 0 Å². The van der Waals surface area contributed by atoms with Gasteiger partial charge in [0.1, 0.15) is 0 Å². The van der Waals surface area contributed by atoms with Gasteiger partial charge in [-0.05, 0) is 26.0 Å². The summed E-state index contributed by atoms with van der Waals surface area (Å²) in [6.07, 6.45) is 0. The Labute approximate surface area is 92.1 Å². The SMILES string of the molecule is CC(C)=NNC(=O)c1ccc([N+](=O)[O-])cc1. The number of hydrazone groups is 1. The summed E-state index contributed by atoms with van der Waals surface area (Å²) in [5, 5.41) is 14.1. The minimum Gasteiger partial charge on any atom is -0.267 e. The second-order valence-electron chi connectivity index (χ2n) is 3.30. The molecule has 1 aromatic rings. The summed E-state index contributed by atoms with van der Waals surface area (Å²) in [6.45, 7) is 3.49. The molecule has 6 heteroatoms. The first-order chi connectivity index (χ1) is 7.50. The van der Waals surface area contributed by atoms with Crippen LogP contribution in [-0.2, 0) is 0 Å². The van der Waals surface area contributed by atoms with E-state index in [0.29, 0.717) is 5.56 Å². The van der Waals surface area contributed by atoms with Gasteiger partial charge in [-0.2, -0.15) is 5.10 Å². The van der Waals surface area contributed by atoms with Crippen molar-refractivity contribution in [2.75, 3.05) is 0 Å². The highest BCUT2D eigenvalue weighted by Crippen LogP contribution is 2.11. The Morgan fingerprint density at radius 3 is 2.31 bits per heavy atom. The number of nitro groups is 1. The van der Waals surface area contributed by atoms with Gasteiger partial charge in [-0.25, -0.2) is 5.43 Å². The number of nitrogens with zero attached hydrogens (tertiary/aromatic N) is 2. The predicted octanol–water partition coefficient (Wildman–Crippen LogP) is 1.72. The number of carbonyl (C=O) groups excluding carboxylic acids is 1. The molecule has 0 fully saturated rings. The summed E-state index contributed by atoms with van der Waals surface area (Å²) in [5.41, 5.74) is 3.32. The van der Waals surface area contributed by atoms with Crippen molar-refractivity contribution >= 4 is 17.3 Å². The van der Waals surface area contributed by atoms with E-state index in [9.17, 15) is 14.9 Å². The fraction of sp³-hybridized carbons (Fsp3) is 0.200. The second kappa shape index (κ2) is 5.01. The monoisotopic (exact) mass is 221 g/mol. The Kier molecular flexibility index (Phi) is 3.71. The van der Waals surface area contributed by atoms with Crippen LogP contribution in [0.25, 0.3) is 0 Å². The zero-order chi connectivity index (χ0) is 12.1. The molecular weight excluding hydrogens is 210 g/mol. The standard InChI is InChI=1S/C10H11N3O3/c1-7(2)11-12-10(14)8-3-5-9(6-4-8)13(15)16/h3-6H,1-2H3,(H,12,14). The molecule has 1 amide bonds. The lowest BCUT2D eigenvalue weighted by molar-refractivity contribution is -0.384. The van der Waals surface area contributed by atoms with E-state index in [-0.39, 0.29) is 5.69 Å². The van der Waals surface area contributed by atoms with Crippen molar-refractivity contribution < 1.29 is 9.72 Å². The van der Waals surface area contributed by atoms with E-state index in [1.807, 2.05) is 0 Å². The van der Waals surface area contributed by atoms with Gasteiger partial charge >= 0.3 is 0 Å². The predicted molar refractivity (Wildman–Crippen MR) is 59.3 cm³/mol. The highest BCUT2D eigenvalue weighted by molar-refractivity contribution is 5.95. The normalized spacial score (nSPS) is 9.38. The molecule has 0 saturated heterocycles. The third-order valence-corrected chi connectivity index (χ3v) is 1.72. The van der Waals surface area contributed by atoms with Crippen LogP contribution in [0.1, 0.15) is 24.2 Å². The van der Waals surface area contributed by atoms with Gasteiger partial charge in [-0.15, -0.1) is 0 Å². The molecule has 0 aliphatic carbocycles. The Balaban J connectivity index is 2.78. The fourth-order valence-corrected chi connectivity index (χ4v) is 0.962. The van der Waals surface area contributed by atoms with Crippen LogP contribution in [0.15, 0.2) is 29.4 Å². The Hall–Kier alpha value is -2.24. The first kappa shape index (κ1) is 11.8. The van der Waals surface area contributed by atoms with Crippen LogP contribution in [0.2, 0.25) is 0 Å². The van der Waals surface area contributed by atoms with Crippen molar-refractivity contribution in [3.8, 4) is 0 Å². The molecule has 0 radical (unpaired) electrons. The van der Waals surface area contributed by atoms with Gasteiger partial charge < -0.3 is 0 Å². The minimum atomic E-state index is -0.518. The van der Waals surface area contributed by atoms with E-state index in [1.165, 1.54) is 24.3 Å². The van der Waals surface area contributed by atoms with Crippen molar-refractivity contribution in [3.63, 3.8) is 0 Å². The van der Waals surface area contributed by atoms with Crippen LogP contribution in [0.5, 0.6) is 0 Å². The molecule has 0 aliphatic rings. The van der Waals surface area contributed by atoms with Crippen LogP contribution in [0, 0.1) is 10.1 Å². The van der Waals surface area contributed by atoms with Crippen molar-refractivity contribution in [1.29, 1.82) is 0 Å². The quantitative estimate of drug-likeness (QED) is 0.479. The van der Waals surface area contributed by atoms with Gasteiger partial charge in [-0.3, -0.25) is 14.9 Å². The van der Waals surface area contributed by atoms with Crippen molar-refractivity contribution in [2.24, 2.45) is 5.10 Å². The Morgan fingerprint density at radius 1 is 1.31 bits per heavy atom. The summed E-state index contributed by atoms with van der Waals surface area (Å²) in [7, 11) is 0. The van der Waals surface area contributed by atoms with Gasteiger partial charge in [0.15, 0.2) is 0 Å². The van der Waals surface area contributed by atoms with Crippen molar-refractivity contribution in [2.45, 2.75) is 13.8 Å². The van der Waals surface area contributed by atoms with E-state index in [0.717, 1.165) is 5.71 Å². The number of carbonyl (C=O) groups is 1. The maximum atomic E-state index is 11.4. The summed E-state index contributed by atoms with van der Waals surface area (Å²) in [5.74, 6) is -0.393. The van der Waals surface area contributed by atoms with Crippen molar-refractivity contribution in [1.82, 2.24) is 5.43 Å². The molecule has 0 heterocycles. The minimum absolute atomic E-state index is 0.0493. The van der Waals surface area contributed by atoms with Crippen LogP contribution in [-0.4, -0.2) is 16.5 Å². The molecule has 0 unspecified atom stereocenters. The average molecular weight is 221 g/mol. The molecule has 1 aromatic carbocycles. The molecule has 1 rings (SSSR count). The summed E-state index contributed by atoms with van der Waals surface area (Å²) >= 11 is 0. The number of hydrogen-bond acceptors (Lipinski definition) is 4. The molecule has 1 N–H and O–H groups in total. The summed E-state index contributed by atoms with van der Waals surface area (Å²) in [6, 6.07) is 5.32. The molecule has 6 nitrogen and oxygen atoms in total. The molecule has 84 valence electrons. The van der Waals surface area contributed by atoms with Crippen LogP contribution in [0.3, 0.4) is 0 Å². The third kappa shape index (κ3) is 3.16. The lowest BCUT2D eigenvalue weighted by atomic mass is 10.2. The first-order valence-corrected chi connectivity index (χ1v) is 4.56. The maximum Gasteiger partial charge on any atom is 0.271 e. The van der Waals surface area contributed by atoms with Gasteiger partial charge in [0.25, 0.3) is 11.6 Å². The van der Waals surface area contributed by atoms with Gasteiger partial charge in [-0.1, -0.05) is 0 Å².